The second kappa shape index (κ2) is 12.0. The quantitative estimate of drug-likeness (QED) is 0.275. The molecule has 1 unspecified atom stereocenters. The number of aromatic nitrogens is 2. The number of aliphatic hydroxyl groups is 1. The molecule has 0 spiro atoms. The SMILES string of the molecule is COc1ccc(-c2csc3nc(CN(CC(O)COc4ccc(Cl)cc4)C(C)C)[nH]c(=O)c23)cc1OC. The number of hydrogen-bond acceptors (Lipinski definition) is 8. The number of methoxy groups -OCH3 is 2. The predicted molar refractivity (Wildman–Crippen MR) is 147 cm³/mol. The summed E-state index contributed by atoms with van der Waals surface area (Å²) in [5, 5.41) is 13.7. The van der Waals surface area contributed by atoms with E-state index in [2.05, 4.69) is 4.98 Å². The fourth-order valence-corrected chi connectivity index (χ4v) is 5.07. The van der Waals surface area contributed by atoms with E-state index in [1.54, 1.807) is 38.5 Å². The molecule has 0 aliphatic heterocycles. The third-order valence-corrected chi connectivity index (χ3v) is 7.10. The molecule has 2 aromatic carbocycles. The van der Waals surface area contributed by atoms with Crippen LogP contribution in [-0.4, -0.2) is 59.5 Å². The second-order valence-corrected chi connectivity index (χ2v) is 10.1. The van der Waals surface area contributed by atoms with Crippen LogP contribution in [0.3, 0.4) is 0 Å². The Balaban J connectivity index is 1.50. The van der Waals surface area contributed by atoms with E-state index >= 15 is 0 Å². The number of thiophene rings is 1. The van der Waals surface area contributed by atoms with Crippen LogP contribution in [0, 0.1) is 0 Å². The van der Waals surface area contributed by atoms with Crippen LogP contribution >= 0.6 is 22.9 Å². The molecule has 0 bridgehead atoms. The number of aromatic amines is 1. The molecular formula is C27H30ClN3O5S. The van der Waals surface area contributed by atoms with E-state index in [-0.39, 0.29) is 18.2 Å². The molecule has 0 radical (unpaired) electrons. The molecule has 8 nitrogen and oxygen atoms in total. The Labute approximate surface area is 224 Å². The highest BCUT2D eigenvalue weighted by Crippen LogP contribution is 2.36. The Kier molecular flexibility index (Phi) is 8.71. The first-order chi connectivity index (χ1) is 17.8. The molecule has 0 aliphatic rings. The van der Waals surface area contributed by atoms with Crippen LogP contribution in [0.2, 0.25) is 5.02 Å². The van der Waals surface area contributed by atoms with Gasteiger partial charge >= 0.3 is 0 Å². The number of rotatable bonds is 11. The molecule has 2 aromatic heterocycles. The van der Waals surface area contributed by atoms with Gasteiger partial charge in [-0.3, -0.25) is 9.69 Å². The summed E-state index contributed by atoms with van der Waals surface area (Å²) in [6.45, 7) is 4.93. The Morgan fingerprint density at radius 2 is 1.84 bits per heavy atom. The van der Waals surface area contributed by atoms with Crippen molar-refractivity contribution in [3.8, 4) is 28.4 Å². The van der Waals surface area contributed by atoms with Gasteiger partial charge in [0.1, 0.15) is 29.1 Å². The maximum Gasteiger partial charge on any atom is 0.260 e. The predicted octanol–water partition coefficient (Wildman–Crippen LogP) is 4.97. The lowest BCUT2D eigenvalue weighted by molar-refractivity contribution is 0.0533. The molecule has 0 amide bonds. The third kappa shape index (κ3) is 6.42. The van der Waals surface area contributed by atoms with Crippen molar-refractivity contribution in [2.24, 2.45) is 0 Å². The number of fused-ring (bicyclic) bond motifs is 1. The molecule has 0 fully saturated rings. The summed E-state index contributed by atoms with van der Waals surface area (Å²) in [5.41, 5.74) is 1.43. The minimum Gasteiger partial charge on any atom is -0.493 e. The van der Waals surface area contributed by atoms with Crippen LogP contribution in [0.5, 0.6) is 17.2 Å². The first-order valence-electron chi connectivity index (χ1n) is 11.8. The zero-order chi connectivity index (χ0) is 26.5. The van der Waals surface area contributed by atoms with Gasteiger partial charge in [0.05, 0.1) is 26.2 Å². The highest BCUT2D eigenvalue weighted by Gasteiger charge is 2.19. The van der Waals surface area contributed by atoms with E-state index in [0.29, 0.717) is 51.4 Å². The van der Waals surface area contributed by atoms with E-state index in [0.717, 1.165) is 11.1 Å². The number of nitrogens with zero attached hydrogens (tertiary/aromatic N) is 2. The van der Waals surface area contributed by atoms with E-state index < -0.39 is 6.10 Å². The molecule has 2 heterocycles. The van der Waals surface area contributed by atoms with Gasteiger partial charge in [0, 0.05) is 28.6 Å². The number of nitrogens with one attached hydrogen (secondary N) is 1. The number of halogens is 1. The summed E-state index contributed by atoms with van der Waals surface area (Å²) >= 11 is 7.32. The Morgan fingerprint density at radius 1 is 1.11 bits per heavy atom. The van der Waals surface area contributed by atoms with Crippen molar-refractivity contribution >= 4 is 33.2 Å². The van der Waals surface area contributed by atoms with Gasteiger partial charge in [-0.05, 0) is 55.8 Å². The Morgan fingerprint density at radius 3 is 2.51 bits per heavy atom. The lowest BCUT2D eigenvalue weighted by atomic mass is 10.1. The van der Waals surface area contributed by atoms with Gasteiger partial charge in [0.2, 0.25) is 0 Å². The van der Waals surface area contributed by atoms with Gasteiger partial charge in [-0.1, -0.05) is 17.7 Å². The summed E-state index contributed by atoms with van der Waals surface area (Å²) in [6, 6.07) is 12.7. The molecule has 4 aromatic rings. The van der Waals surface area contributed by atoms with Crippen LogP contribution in [0.1, 0.15) is 19.7 Å². The van der Waals surface area contributed by atoms with Gasteiger partial charge in [0.15, 0.2) is 11.5 Å². The fraction of sp³-hybridized carbons (Fsp3) is 0.333. The summed E-state index contributed by atoms with van der Waals surface area (Å²) < 4.78 is 16.4. The highest BCUT2D eigenvalue weighted by molar-refractivity contribution is 7.17. The summed E-state index contributed by atoms with van der Waals surface area (Å²) in [6.07, 6.45) is -0.730. The standard InChI is InChI=1S/C27H30ClN3O5S/c1-16(2)31(12-19(32)14-36-20-8-6-18(28)7-9-20)13-24-29-26(33)25-21(15-37-27(25)30-24)17-5-10-22(34-3)23(11-17)35-4/h5-11,15-16,19,32H,12-14H2,1-4H3,(H,29,30,33). The van der Waals surface area contributed by atoms with Gasteiger partial charge in [-0.15, -0.1) is 11.3 Å². The maximum atomic E-state index is 13.1. The van der Waals surface area contributed by atoms with Crippen molar-refractivity contribution in [1.29, 1.82) is 0 Å². The van der Waals surface area contributed by atoms with E-state index in [4.69, 9.17) is 30.8 Å². The molecular weight excluding hydrogens is 514 g/mol. The monoisotopic (exact) mass is 543 g/mol. The molecule has 0 saturated carbocycles. The molecule has 4 rings (SSSR count). The molecule has 0 saturated heterocycles. The number of hydrogen-bond donors (Lipinski definition) is 2. The first kappa shape index (κ1) is 26.9. The largest absolute Gasteiger partial charge is 0.493 e. The zero-order valence-corrected chi connectivity index (χ0v) is 22.7. The Hall–Kier alpha value is -3.11. The number of ether oxygens (including phenoxy) is 3. The molecule has 196 valence electrons. The summed E-state index contributed by atoms with van der Waals surface area (Å²) in [4.78, 5) is 23.5. The minimum atomic E-state index is -0.730. The fourth-order valence-electron chi connectivity index (χ4n) is 3.98. The molecule has 2 N–H and O–H groups in total. The van der Waals surface area contributed by atoms with Gasteiger partial charge in [-0.25, -0.2) is 4.98 Å². The average Bonchev–Trinajstić information content (AvgIpc) is 3.32. The Bertz CT molecular complexity index is 1400. The summed E-state index contributed by atoms with van der Waals surface area (Å²) in [5.74, 6) is 2.39. The topological polar surface area (TPSA) is 96.9 Å². The minimum absolute atomic E-state index is 0.108. The average molecular weight is 544 g/mol. The van der Waals surface area contributed by atoms with Crippen LogP contribution in [0.15, 0.2) is 52.6 Å². The molecule has 10 heteroatoms. The van der Waals surface area contributed by atoms with Crippen molar-refractivity contribution in [1.82, 2.24) is 14.9 Å². The van der Waals surface area contributed by atoms with Crippen molar-refractivity contribution in [2.75, 3.05) is 27.4 Å². The molecule has 1 atom stereocenters. The van der Waals surface area contributed by atoms with E-state index in [1.807, 2.05) is 42.3 Å². The van der Waals surface area contributed by atoms with Crippen LogP contribution in [-0.2, 0) is 6.54 Å². The van der Waals surface area contributed by atoms with E-state index in [1.165, 1.54) is 11.3 Å². The first-order valence-corrected chi connectivity index (χ1v) is 13.1. The lowest BCUT2D eigenvalue weighted by Crippen LogP contribution is -2.40. The van der Waals surface area contributed by atoms with Crippen molar-refractivity contribution in [3.05, 3.63) is 69.0 Å². The van der Waals surface area contributed by atoms with Crippen LogP contribution in [0.4, 0.5) is 0 Å². The second-order valence-electron chi connectivity index (χ2n) is 8.85. The smallest absolute Gasteiger partial charge is 0.260 e. The van der Waals surface area contributed by atoms with Gasteiger partial charge in [-0.2, -0.15) is 0 Å². The van der Waals surface area contributed by atoms with Gasteiger partial charge in [0.25, 0.3) is 5.56 Å². The van der Waals surface area contributed by atoms with Crippen molar-refractivity contribution < 1.29 is 19.3 Å². The maximum absolute atomic E-state index is 13.1. The molecule has 0 aliphatic carbocycles. The summed E-state index contributed by atoms with van der Waals surface area (Å²) in [7, 11) is 3.16. The van der Waals surface area contributed by atoms with Crippen molar-refractivity contribution in [2.45, 2.75) is 32.5 Å². The number of benzene rings is 2. The highest BCUT2D eigenvalue weighted by atomic mass is 35.5. The van der Waals surface area contributed by atoms with Gasteiger partial charge < -0.3 is 24.3 Å². The van der Waals surface area contributed by atoms with Crippen molar-refractivity contribution in [3.63, 3.8) is 0 Å². The molecule has 37 heavy (non-hydrogen) atoms. The van der Waals surface area contributed by atoms with Crippen LogP contribution < -0.4 is 19.8 Å². The number of H-pyrrole nitrogens is 1. The van der Waals surface area contributed by atoms with E-state index in [9.17, 15) is 9.90 Å². The zero-order valence-electron chi connectivity index (χ0n) is 21.2. The third-order valence-electron chi connectivity index (χ3n) is 5.97. The van der Waals surface area contributed by atoms with Crippen LogP contribution in [0.25, 0.3) is 21.3 Å². The normalized spacial score (nSPS) is 12.3. The lowest BCUT2D eigenvalue weighted by Gasteiger charge is -2.28. The number of aliphatic hydroxyl groups excluding tert-OH is 1.